The fraction of sp³-hybridized carbons (Fsp3) is 0.909. The second kappa shape index (κ2) is 8.75. The van der Waals surface area contributed by atoms with Gasteiger partial charge < -0.3 is 10.6 Å². The van der Waals surface area contributed by atoms with Gasteiger partial charge >= 0.3 is 0 Å². The Morgan fingerprint density at radius 1 is 0.962 bits per heavy atom. The number of unbranched alkanes of at least 4 members (excludes halogenated alkanes) is 1. The smallest absolute Gasteiger partial charge is 0.220 e. The maximum atomic E-state index is 12.5. The summed E-state index contributed by atoms with van der Waals surface area (Å²) in [4.78, 5) is 24.6. The standard InChI is InChI=1S/C22H38N2O2/c1-3-5-6-16(4-2)15-23-20(25)7-8-21(26)24-22-12-17-9-18(13-22)11-19(10-17)14-22/h16-19H,3-15H2,1-2H3,(H,23,25)(H,24,26). The molecule has 0 spiro atoms. The lowest BCUT2D eigenvalue weighted by molar-refractivity contribution is -0.130. The van der Waals surface area contributed by atoms with E-state index in [9.17, 15) is 9.59 Å². The molecule has 4 fully saturated rings. The molecular weight excluding hydrogens is 324 g/mol. The first-order chi connectivity index (χ1) is 12.5. The van der Waals surface area contributed by atoms with Crippen molar-refractivity contribution in [2.75, 3.05) is 6.54 Å². The fourth-order valence-electron chi connectivity index (χ4n) is 6.14. The first-order valence-corrected chi connectivity index (χ1v) is 11.1. The van der Waals surface area contributed by atoms with E-state index in [1.807, 2.05) is 0 Å². The summed E-state index contributed by atoms with van der Waals surface area (Å²) in [6.07, 6.45) is 13.0. The number of hydrogen-bond acceptors (Lipinski definition) is 2. The monoisotopic (exact) mass is 362 g/mol. The molecule has 4 rings (SSSR count). The highest BCUT2D eigenvalue weighted by molar-refractivity contribution is 5.84. The number of amides is 2. The van der Waals surface area contributed by atoms with Gasteiger partial charge in [0.25, 0.3) is 0 Å². The average Bonchev–Trinajstić information content (AvgIpc) is 2.58. The Labute approximate surface area is 159 Å². The van der Waals surface area contributed by atoms with E-state index >= 15 is 0 Å². The predicted octanol–water partition coefficient (Wildman–Crippen LogP) is 4.18. The summed E-state index contributed by atoms with van der Waals surface area (Å²) in [5.74, 6) is 3.18. The van der Waals surface area contributed by atoms with E-state index in [1.165, 1.54) is 57.8 Å². The minimum Gasteiger partial charge on any atom is -0.356 e. The van der Waals surface area contributed by atoms with Crippen molar-refractivity contribution in [1.82, 2.24) is 10.6 Å². The molecule has 2 N–H and O–H groups in total. The van der Waals surface area contributed by atoms with E-state index in [1.54, 1.807) is 0 Å². The van der Waals surface area contributed by atoms with Gasteiger partial charge in [0, 0.05) is 24.9 Å². The quantitative estimate of drug-likeness (QED) is 0.612. The van der Waals surface area contributed by atoms with Gasteiger partial charge in [-0.3, -0.25) is 9.59 Å². The molecule has 0 radical (unpaired) electrons. The van der Waals surface area contributed by atoms with Crippen LogP contribution in [0.3, 0.4) is 0 Å². The van der Waals surface area contributed by atoms with E-state index < -0.39 is 0 Å². The molecular formula is C22H38N2O2. The summed E-state index contributed by atoms with van der Waals surface area (Å²) in [6, 6.07) is 0. The first-order valence-electron chi connectivity index (χ1n) is 11.1. The molecule has 4 aliphatic rings. The van der Waals surface area contributed by atoms with Crippen LogP contribution in [0.1, 0.15) is 90.9 Å². The van der Waals surface area contributed by atoms with Crippen molar-refractivity contribution >= 4 is 11.8 Å². The van der Waals surface area contributed by atoms with E-state index in [-0.39, 0.29) is 17.4 Å². The summed E-state index contributed by atoms with van der Waals surface area (Å²) in [7, 11) is 0. The van der Waals surface area contributed by atoms with Crippen LogP contribution < -0.4 is 10.6 Å². The summed E-state index contributed by atoms with van der Waals surface area (Å²) >= 11 is 0. The Kier molecular flexibility index (Phi) is 6.63. The molecule has 4 saturated carbocycles. The van der Waals surface area contributed by atoms with Crippen LogP contribution in [0.2, 0.25) is 0 Å². The Morgan fingerprint density at radius 2 is 1.54 bits per heavy atom. The van der Waals surface area contributed by atoms with Gasteiger partial charge in [-0.25, -0.2) is 0 Å². The van der Waals surface area contributed by atoms with Gasteiger partial charge in [-0.15, -0.1) is 0 Å². The zero-order valence-corrected chi connectivity index (χ0v) is 16.8. The third-order valence-electron chi connectivity index (χ3n) is 7.15. The SMILES string of the molecule is CCCCC(CC)CNC(=O)CCC(=O)NC12CC3CC(CC(C3)C1)C2. The van der Waals surface area contributed by atoms with E-state index in [4.69, 9.17) is 0 Å². The molecule has 4 aliphatic carbocycles. The Hall–Kier alpha value is -1.06. The van der Waals surface area contributed by atoms with Crippen LogP contribution in [0.5, 0.6) is 0 Å². The normalized spacial score (nSPS) is 33.1. The minimum atomic E-state index is 0.0283. The predicted molar refractivity (Wildman–Crippen MR) is 105 cm³/mol. The molecule has 4 nitrogen and oxygen atoms in total. The van der Waals surface area contributed by atoms with Gasteiger partial charge in [0.2, 0.25) is 11.8 Å². The highest BCUT2D eigenvalue weighted by atomic mass is 16.2. The maximum absolute atomic E-state index is 12.5. The molecule has 0 aliphatic heterocycles. The molecule has 4 bridgehead atoms. The van der Waals surface area contributed by atoms with Gasteiger partial charge in [-0.1, -0.05) is 33.1 Å². The van der Waals surface area contributed by atoms with Crippen LogP contribution in [0.4, 0.5) is 0 Å². The second-order valence-electron chi connectivity index (χ2n) is 9.47. The van der Waals surface area contributed by atoms with Crippen LogP contribution in [-0.4, -0.2) is 23.9 Å². The van der Waals surface area contributed by atoms with Crippen molar-refractivity contribution in [3.8, 4) is 0 Å². The number of nitrogens with one attached hydrogen (secondary N) is 2. The van der Waals surface area contributed by atoms with Crippen LogP contribution in [-0.2, 0) is 9.59 Å². The van der Waals surface area contributed by atoms with Gasteiger partial charge in [-0.2, -0.15) is 0 Å². The Balaban J connectivity index is 1.37. The van der Waals surface area contributed by atoms with Crippen molar-refractivity contribution in [2.24, 2.45) is 23.7 Å². The second-order valence-corrected chi connectivity index (χ2v) is 9.47. The van der Waals surface area contributed by atoms with Gasteiger partial charge in [0.05, 0.1) is 0 Å². The maximum Gasteiger partial charge on any atom is 0.220 e. The van der Waals surface area contributed by atoms with Crippen molar-refractivity contribution < 1.29 is 9.59 Å². The van der Waals surface area contributed by atoms with Crippen LogP contribution in [0.25, 0.3) is 0 Å². The molecule has 2 amide bonds. The van der Waals surface area contributed by atoms with Crippen molar-refractivity contribution in [1.29, 1.82) is 0 Å². The molecule has 0 aromatic rings. The Bertz CT molecular complexity index is 467. The van der Waals surface area contributed by atoms with Gasteiger partial charge in [0.15, 0.2) is 0 Å². The average molecular weight is 363 g/mol. The molecule has 1 unspecified atom stereocenters. The lowest BCUT2D eigenvalue weighted by Gasteiger charge is -2.56. The van der Waals surface area contributed by atoms with Crippen molar-refractivity contribution in [3.63, 3.8) is 0 Å². The third kappa shape index (κ3) is 5.01. The Morgan fingerprint density at radius 3 is 2.08 bits per heavy atom. The zero-order chi connectivity index (χ0) is 18.6. The number of rotatable bonds is 10. The number of carbonyl (C=O) groups excluding carboxylic acids is 2. The summed E-state index contributed by atoms with van der Waals surface area (Å²) in [5.41, 5.74) is 0.0652. The number of carbonyl (C=O) groups is 2. The van der Waals surface area contributed by atoms with Gasteiger partial charge in [-0.05, 0) is 68.6 Å². The molecule has 1 atom stereocenters. The zero-order valence-electron chi connectivity index (χ0n) is 16.8. The lowest BCUT2D eigenvalue weighted by atomic mass is 9.53. The lowest BCUT2D eigenvalue weighted by Crippen LogP contribution is -2.59. The highest BCUT2D eigenvalue weighted by Gasteiger charge is 2.51. The fourth-order valence-corrected chi connectivity index (χ4v) is 6.14. The van der Waals surface area contributed by atoms with Crippen LogP contribution in [0.15, 0.2) is 0 Å². The van der Waals surface area contributed by atoms with Crippen LogP contribution >= 0.6 is 0 Å². The summed E-state index contributed by atoms with van der Waals surface area (Å²) in [5, 5.41) is 6.40. The van der Waals surface area contributed by atoms with E-state index in [0.29, 0.717) is 18.8 Å². The first kappa shape index (κ1) is 19.7. The topological polar surface area (TPSA) is 58.2 Å². The van der Waals surface area contributed by atoms with Crippen LogP contribution in [0, 0.1) is 23.7 Å². The molecule has 0 saturated heterocycles. The minimum absolute atomic E-state index is 0.0283. The molecule has 0 aromatic carbocycles. The molecule has 26 heavy (non-hydrogen) atoms. The van der Waals surface area contributed by atoms with Gasteiger partial charge in [0.1, 0.15) is 0 Å². The van der Waals surface area contributed by atoms with E-state index in [2.05, 4.69) is 24.5 Å². The molecule has 0 aromatic heterocycles. The van der Waals surface area contributed by atoms with Crippen molar-refractivity contribution in [2.45, 2.75) is 96.4 Å². The summed E-state index contributed by atoms with van der Waals surface area (Å²) in [6.45, 7) is 5.14. The number of hydrogen-bond donors (Lipinski definition) is 2. The molecule has 148 valence electrons. The van der Waals surface area contributed by atoms with E-state index in [0.717, 1.165) is 30.7 Å². The molecule has 4 heteroatoms. The van der Waals surface area contributed by atoms with Crippen molar-refractivity contribution in [3.05, 3.63) is 0 Å². The largest absolute Gasteiger partial charge is 0.356 e. The summed E-state index contributed by atoms with van der Waals surface area (Å²) < 4.78 is 0. The molecule has 0 heterocycles. The third-order valence-corrected chi connectivity index (χ3v) is 7.15. The highest BCUT2D eigenvalue weighted by Crippen LogP contribution is 2.55.